The Kier molecular flexibility index (Phi) is 6.59. The lowest BCUT2D eigenvalue weighted by atomic mass is 9.88. The summed E-state index contributed by atoms with van der Waals surface area (Å²) in [5.41, 5.74) is 2.48. The van der Waals surface area contributed by atoms with Crippen molar-refractivity contribution in [3.63, 3.8) is 0 Å². The van der Waals surface area contributed by atoms with Crippen molar-refractivity contribution in [2.75, 3.05) is 28.4 Å². The van der Waals surface area contributed by atoms with Gasteiger partial charge in [0, 0.05) is 29.2 Å². The van der Waals surface area contributed by atoms with E-state index in [0.29, 0.717) is 45.3 Å². The topological polar surface area (TPSA) is 67.1 Å². The molecule has 0 saturated carbocycles. The van der Waals surface area contributed by atoms with Crippen LogP contribution < -0.4 is 24.4 Å². The molecular formula is C28H26O6. The van der Waals surface area contributed by atoms with Crippen LogP contribution in [0.5, 0.6) is 23.0 Å². The van der Waals surface area contributed by atoms with Gasteiger partial charge in [0.05, 0.1) is 28.4 Å². The molecule has 174 valence electrons. The van der Waals surface area contributed by atoms with Crippen molar-refractivity contribution in [2.45, 2.75) is 5.92 Å². The summed E-state index contributed by atoms with van der Waals surface area (Å²) in [6, 6.07) is 18.3. The molecule has 0 unspecified atom stereocenters. The highest BCUT2D eigenvalue weighted by molar-refractivity contribution is 5.90. The number of methoxy groups -OCH3 is 4. The molecule has 0 radical (unpaired) electrons. The Morgan fingerprint density at radius 1 is 0.794 bits per heavy atom. The Hall–Kier alpha value is -4.19. The number of ether oxygens (including phenoxy) is 4. The van der Waals surface area contributed by atoms with Gasteiger partial charge in [0.2, 0.25) is 0 Å². The second-order valence-corrected chi connectivity index (χ2v) is 7.57. The summed E-state index contributed by atoms with van der Waals surface area (Å²) in [6.45, 7) is 4.06. The molecule has 0 bridgehead atoms. The minimum Gasteiger partial charge on any atom is -0.496 e. The molecule has 0 aliphatic rings. The number of benzene rings is 3. The molecule has 0 aliphatic heterocycles. The number of hydrogen-bond acceptors (Lipinski definition) is 6. The first-order valence-corrected chi connectivity index (χ1v) is 10.7. The van der Waals surface area contributed by atoms with Gasteiger partial charge < -0.3 is 23.4 Å². The molecule has 1 atom stereocenters. The Morgan fingerprint density at radius 3 is 2.09 bits per heavy atom. The largest absolute Gasteiger partial charge is 0.496 e. The fraction of sp³-hybridized carbons (Fsp3) is 0.179. The summed E-state index contributed by atoms with van der Waals surface area (Å²) in [5.74, 6) is 2.15. The fourth-order valence-corrected chi connectivity index (χ4v) is 4.13. The third-order valence-electron chi connectivity index (χ3n) is 5.78. The molecule has 1 heterocycles. The van der Waals surface area contributed by atoms with Crippen LogP contribution in [0, 0.1) is 0 Å². The lowest BCUT2D eigenvalue weighted by molar-refractivity contribution is 0.354. The predicted octanol–water partition coefficient (Wildman–Crippen LogP) is 5.81. The van der Waals surface area contributed by atoms with Crippen molar-refractivity contribution >= 4 is 11.0 Å². The van der Waals surface area contributed by atoms with E-state index in [4.69, 9.17) is 23.4 Å². The normalized spacial score (nSPS) is 11.6. The van der Waals surface area contributed by atoms with Crippen LogP contribution in [0.25, 0.3) is 22.3 Å². The lowest BCUT2D eigenvalue weighted by Gasteiger charge is -2.21. The number of rotatable bonds is 8. The maximum Gasteiger partial charge on any atom is 0.197 e. The van der Waals surface area contributed by atoms with Crippen molar-refractivity contribution in [2.24, 2.45) is 0 Å². The van der Waals surface area contributed by atoms with Crippen LogP contribution in [0.2, 0.25) is 0 Å². The zero-order valence-corrected chi connectivity index (χ0v) is 19.6. The van der Waals surface area contributed by atoms with E-state index in [-0.39, 0.29) is 11.3 Å². The molecule has 0 N–H and O–H groups in total. The second kappa shape index (κ2) is 9.75. The number of hydrogen-bond donors (Lipinski definition) is 0. The lowest BCUT2D eigenvalue weighted by Crippen LogP contribution is -2.09. The summed E-state index contributed by atoms with van der Waals surface area (Å²) in [4.78, 5) is 13.3. The standard InChI is InChI=1S/C28H26O6/c1-6-19(18-12-13-21(30-2)23(14-18)31-3)26-24(32-4)16-25(33-5)27-20(29)15-22(34-28(26)27)17-10-8-7-9-11-17/h6-16,19H,1H2,2-5H3/t19-/m0/s1. The molecule has 34 heavy (non-hydrogen) atoms. The highest BCUT2D eigenvalue weighted by atomic mass is 16.5. The van der Waals surface area contributed by atoms with Crippen molar-refractivity contribution in [3.8, 4) is 34.3 Å². The van der Waals surface area contributed by atoms with Gasteiger partial charge in [0.1, 0.15) is 28.2 Å². The van der Waals surface area contributed by atoms with Crippen LogP contribution in [0.3, 0.4) is 0 Å². The number of fused-ring (bicyclic) bond motifs is 1. The van der Waals surface area contributed by atoms with E-state index < -0.39 is 0 Å². The van der Waals surface area contributed by atoms with Crippen LogP contribution in [-0.2, 0) is 0 Å². The summed E-state index contributed by atoms with van der Waals surface area (Å²) in [7, 11) is 6.25. The van der Waals surface area contributed by atoms with E-state index in [9.17, 15) is 4.79 Å². The predicted molar refractivity (Wildman–Crippen MR) is 133 cm³/mol. The van der Waals surface area contributed by atoms with Crippen LogP contribution in [0.1, 0.15) is 17.0 Å². The van der Waals surface area contributed by atoms with Gasteiger partial charge in [-0.15, -0.1) is 6.58 Å². The Morgan fingerprint density at radius 2 is 1.47 bits per heavy atom. The molecule has 0 fully saturated rings. The first-order valence-electron chi connectivity index (χ1n) is 10.7. The van der Waals surface area contributed by atoms with Crippen molar-refractivity contribution in [3.05, 3.63) is 94.7 Å². The van der Waals surface area contributed by atoms with Crippen molar-refractivity contribution in [1.82, 2.24) is 0 Å². The minimum atomic E-state index is -0.377. The van der Waals surface area contributed by atoms with Crippen LogP contribution >= 0.6 is 0 Å². The molecule has 0 saturated heterocycles. The quantitative estimate of drug-likeness (QED) is 0.310. The highest BCUT2D eigenvalue weighted by Gasteiger charge is 2.26. The van der Waals surface area contributed by atoms with E-state index >= 15 is 0 Å². The second-order valence-electron chi connectivity index (χ2n) is 7.57. The Balaban J connectivity index is 2.06. The van der Waals surface area contributed by atoms with Gasteiger partial charge in [-0.05, 0) is 17.7 Å². The third kappa shape index (κ3) is 3.99. The number of allylic oxidation sites excluding steroid dienone is 1. The molecule has 4 aromatic rings. The zero-order chi connectivity index (χ0) is 24.2. The van der Waals surface area contributed by atoms with Crippen molar-refractivity contribution in [1.29, 1.82) is 0 Å². The maximum atomic E-state index is 13.3. The minimum absolute atomic E-state index is 0.212. The van der Waals surface area contributed by atoms with Gasteiger partial charge in [-0.1, -0.05) is 42.5 Å². The average Bonchev–Trinajstić information content (AvgIpc) is 2.89. The van der Waals surface area contributed by atoms with Gasteiger partial charge in [-0.2, -0.15) is 0 Å². The first kappa shape index (κ1) is 23.0. The maximum absolute atomic E-state index is 13.3. The molecule has 0 aliphatic carbocycles. The van der Waals surface area contributed by atoms with Crippen LogP contribution in [0.15, 0.2) is 82.5 Å². The molecule has 0 spiro atoms. The average molecular weight is 459 g/mol. The van der Waals surface area contributed by atoms with Gasteiger partial charge in [-0.25, -0.2) is 0 Å². The summed E-state index contributed by atoms with van der Waals surface area (Å²) < 4.78 is 28.5. The Bertz CT molecular complexity index is 1390. The zero-order valence-electron chi connectivity index (χ0n) is 19.6. The molecular weight excluding hydrogens is 432 g/mol. The Labute approximate surface area is 198 Å². The molecule has 6 heteroatoms. The van der Waals surface area contributed by atoms with E-state index in [1.54, 1.807) is 33.5 Å². The SMILES string of the molecule is C=C[C@@H](c1ccc(OC)c(OC)c1)c1c(OC)cc(OC)c2c(=O)cc(-c3ccccc3)oc12. The van der Waals surface area contributed by atoms with Crippen LogP contribution in [-0.4, -0.2) is 28.4 Å². The van der Waals surface area contributed by atoms with E-state index in [0.717, 1.165) is 11.1 Å². The van der Waals surface area contributed by atoms with Crippen LogP contribution in [0.4, 0.5) is 0 Å². The van der Waals surface area contributed by atoms with Crippen molar-refractivity contribution < 1.29 is 23.4 Å². The molecule has 0 amide bonds. The summed E-state index contributed by atoms with van der Waals surface area (Å²) >= 11 is 0. The highest BCUT2D eigenvalue weighted by Crippen LogP contribution is 2.44. The van der Waals surface area contributed by atoms with E-state index in [1.807, 2.05) is 48.5 Å². The van der Waals surface area contributed by atoms with E-state index in [1.165, 1.54) is 13.2 Å². The molecule has 4 rings (SSSR count). The fourth-order valence-electron chi connectivity index (χ4n) is 4.13. The van der Waals surface area contributed by atoms with Gasteiger partial charge in [-0.3, -0.25) is 4.79 Å². The summed E-state index contributed by atoms with van der Waals surface area (Å²) in [6.07, 6.45) is 1.78. The first-order chi connectivity index (χ1) is 16.6. The summed E-state index contributed by atoms with van der Waals surface area (Å²) in [5, 5.41) is 0.338. The van der Waals surface area contributed by atoms with Gasteiger partial charge in [0.25, 0.3) is 0 Å². The smallest absolute Gasteiger partial charge is 0.197 e. The van der Waals surface area contributed by atoms with E-state index in [2.05, 4.69) is 6.58 Å². The monoisotopic (exact) mass is 458 g/mol. The molecule has 6 nitrogen and oxygen atoms in total. The third-order valence-corrected chi connectivity index (χ3v) is 5.78. The molecule has 3 aromatic carbocycles. The molecule has 1 aromatic heterocycles. The van der Waals surface area contributed by atoms with Gasteiger partial charge >= 0.3 is 0 Å². The van der Waals surface area contributed by atoms with Gasteiger partial charge in [0.15, 0.2) is 16.9 Å².